The Morgan fingerprint density at radius 3 is 1.44 bits per heavy atom. The van der Waals surface area contributed by atoms with E-state index in [-0.39, 0.29) is 0 Å². The molecular weight excluding hydrogens is 647 g/mol. The first kappa shape index (κ1) is 29.0. The quantitative estimate of drug-likeness (QED) is 0.182. The van der Waals surface area contributed by atoms with Crippen LogP contribution in [0.1, 0.15) is 0 Å². The van der Waals surface area contributed by atoms with E-state index in [2.05, 4.69) is 127 Å². The molecule has 5 heteroatoms. The largest absolute Gasteiger partial charge is 0.208 e. The number of fused-ring (bicyclic) bond motifs is 6. The van der Waals surface area contributed by atoms with Gasteiger partial charge in [-0.3, -0.25) is 0 Å². The number of nitrogens with zero attached hydrogens (tertiary/aromatic N) is 3. The van der Waals surface area contributed by atoms with Gasteiger partial charge in [0, 0.05) is 57.0 Å². The molecule has 10 rings (SSSR count). The van der Waals surface area contributed by atoms with Gasteiger partial charge in [-0.15, -0.1) is 22.7 Å². The summed E-state index contributed by atoms with van der Waals surface area (Å²) in [7, 11) is 0. The molecule has 3 aromatic heterocycles. The SMILES string of the molecule is c1ccc(-c2nc(-c3ccccc3)nc(-c3cc(-c4ccc(-c5cccc6sc7ccccc7c56)cc4)cc4sc5ccccc5c34)n2)cc1. The van der Waals surface area contributed by atoms with Crippen molar-refractivity contribution in [2.45, 2.75) is 0 Å². The van der Waals surface area contributed by atoms with Crippen LogP contribution in [-0.4, -0.2) is 15.0 Å². The maximum Gasteiger partial charge on any atom is 0.164 e. The number of aromatic nitrogens is 3. The third-order valence-corrected chi connectivity index (χ3v) is 11.6. The van der Waals surface area contributed by atoms with Crippen LogP contribution in [0.4, 0.5) is 0 Å². The molecule has 0 radical (unpaired) electrons. The van der Waals surface area contributed by atoms with E-state index in [4.69, 9.17) is 15.0 Å². The highest BCUT2D eigenvalue weighted by Crippen LogP contribution is 2.44. The highest BCUT2D eigenvalue weighted by molar-refractivity contribution is 7.26. The molecule has 0 spiro atoms. The molecule has 0 N–H and O–H groups in total. The molecule has 0 atom stereocenters. The van der Waals surface area contributed by atoms with E-state index in [0.29, 0.717) is 17.5 Å². The molecule has 0 bridgehead atoms. The standard InChI is InChI=1S/C45H27N3S2/c1-3-12-30(13-4-1)43-46-44(31-14-5-2-6-15-31)48-45(47-43)36-26-32(27-40-42(36)35-17-8-10-20-38(35)50-40)28-22-24-29(25-23-28)33-18-11-21-39-41(33)34-16-7-9-19-37(34)49-39/h1-27H. The fourth-order valence-corrected chi connectivity index (χ4v) is 9.29. The van der Waals surface area contributed by atoms with Crippen molar-refractivity contribution in [3.63, 3.8) is 0 Å². The van der Waals surface area contributed by atoms with E-state index in [0.717, 1.165) is 27.8 Å². The Bertz CT molecular complexity index is 2800. The highest BCUT2D eigenvalue weighted by atomic mass is 32.1. The number of benzene rings is 7. The fraction of sp³-hybridized carbons (Fsp3) is 0. The van der Waals surface area contributed by atoms with Gasteiger partial charge in [-0.2, -0.15) is 0 Å². The smallest absolute Gasteiger partial charge is 0.164 e. The zero-order valence-corrected chi connectivity index (χ0v) is 28.4. The lowest BCUT2D eigenvalue weighted by Crippen LogP contribution is -2.00. The minimum atomic E-state index is 0.659. The van der Waals surface area contributed by atoms with Crippen molar-refractivity contribution >= 4 is 63.0 Å². The van der Waals surface area contributed by atoms with Crippen LogP contribution in [0.2, 0.25) is 0 Å². The zero-order chi connectivity index (χ0) is 33.0. The lowest BCUT2D eigenvalue weighted by atomic mass is 9.95. The second kappa shape index (κ2) is 11.8. The Hall–Kier alpha value is -6.01. The molecule has 50 heavy (non-hydrogen) atoms. The van der Waals surface area contributed by atoms with Crippen LogP contribution in [0.3, 0.4) is 0 Å². The van der Waals surface area contributed by atoms with Crippen LogP contribution in [0.15, 0.2) is 164 Å². The summed E-state index contributed by atoms with van der Waals surface area (Å²) in [5.41, 5.74) is 7.68. The van der Waals surface area contributed by atoms with Gasteiger partial charge < -0.3 is 0 Å². The van der Waals surface area contributed by atoms with Crippen molar-refractivity contribution in [2.75, 3.05) is 0 Å². The van der Waals surface area contributed by atoms with E-state index in [1.807, 2.05) is 59.1 Å². The fourth-order valence-electron chi connectivity index (χ4n) is 6.98. The Morgan fingerprint density at radius 1 is 0.300 bits per heavy atom. The van der Waals surface area contributed by atoms with Crippen LogP contribution in [0.25, 0.3) is 96.8 Å². The summed E-state index contributed by atoms with van der Waals surface area (Å²) < 4.78 is 5.09. The summed E-state index contributed by atoms with van der Waals surface area (Å²) >= 11 is 3.67. The van der Waals surface area contributed by atoms with Crippen molar-refractivity contribution in [1.29, 1.82) is 0 Å². The molecule has 10 aromatic rings. The number of hydrogen-bond donors (Lipinski definition) is 0. The summed E-state index contributed by atoms with van der Waals surface area (Å²) in [5, 5.41) is 5.02. The van der Waals surface area contributed by atoms with Crippen molar-refractivity contribution in [2.24, 2.45) is 0 Å². The average molecular weight is 674 g/mol. The summed E-state index contributed by atoms with van der Waals surface area (Å²) in [6.45, 7) is 0. The van der Waals surface area contributed by atoms with Crippen LogP contribution < -0.4 is 0 Å². The summed E-state index contributed by atoms with van der Waals surface area (Å²) in [5.74, 6) is 1.99. The molecule has 3 nitrogen and oxygen atoms in total. The first-order valence-electron chi connectivity index (χ1n) is 16.6. The third kappa shape index (κ3) is 4.90. The lowest BCUT2D eigenvalue weighted by Gasteiger charge is -2.12. The van der Waals surface area contributed by atoms with Gasteiger partial charge in [-0.05, 0) is 52.6 Å². The van der Waals surface area contributed by atoms with Crippen molar-refractivity contribution in [1.82, 2.24) is 15.0 Å². The van der Waals surface area contributed by atoms with Crippen LogP contribution >= 0.6 is 22.7 Å². The van der Waals surface area contributed by atoms with E-state index < -0.39 is 0 Å². The molecule has 0 aliphatic carbocycles. The monoisotopic (exact) mass is 673 g/mol. The molecule has 0 saturated carbocycles. The lowest BCUT2D eigenvalue weighted by molar-refractivity contribution is 1.08. The van der Waals surface area contributed by atoms with E-state index in [1.165, 1.54) is 51.5 Å². The minimum absolute atomic E-state index is 0.659. The Labute approximate surface area is 296 Å². The predicted molar refractivity (Wildman–Crippen MR) is 213 cm³/mol. The van der Waals surface area contributed by atoms with E-state index in [1.54, 1.807) is 0 Å². The molecule has 0 unspecified atom stereocenters. The average Bonchev–Trinajstić information content (AvgIpc) is 3.77. The molecule has 0 fully saturated rings. The minimum Gasteiger partial charge on any atom is -0.208 e. The van der Waals surface area contributed by atoms with Gasteiger partial charge >= 0.3 is 0 Å². The van der Waals surface area contributed by atoms with Gasteiger partial charge in [-0.1, -0.05) is 133 Å². The summed E-state index contributed by atoms with van der Waals surface area (Å²) in [4.78, 5) is 15.3. The summed E-state index contributed by atoms with van der Waals surface area (Å²) in [6, 6.07) is 57.9. The second-order valence-electron chi connectivity index (χ2n) is 12.4. The van der Waals surface area contributed by atoms with E-state index >= 15 is 0 Å². The van der Waals surface area contributed by atoms with Crippen LogP contribution in [0.5, 0.6) is 0 Å². The maximum absolute atomic E-state index is 5.16. The van der Waals surface area contributed by atoms with Gasteiger partial charge in [0.2, 0.25) is 0 Å². The topological polar surface area (TPSA) is 38.7 Å². The molecular formula is C45H27N3S2. The first-order chi connectivity index (χ1) is 24.8. The van der Waals surface area contributed by atoms with Gasteiger partial charge in [0.1, 0.15) is 0 Å². The summed E-state index contributed by atoms with van der Waals surface area (Å²) in [6.07, 6.45) is 0. The molecule has 7 aromatic carbocycles. The van der Waals surface area contributed by atoms with Crippen LogP contribution in [-0.2, 0) is 0 Å². The van der Waals surface area contributed by atoms with Crippen LogP contribution in [0, 0.1) is 0 Å². The van der Waals surface area contributed by atoms with E-state index in [9.17, 15) is 0 Å². The molecule has 234 valence electrons. The predicted octanol–water partition coefficient (Wildman–Crippen LogP) is 12.9. The highest BCUT2D eigenvalue weighted by Gasteiger charge is 2.19. The molecule has 0 saturated heterocycles. The van der Waals surface area contributed by atoms with Crippen molar-refractivity contribution < 1.29 is 0 Å². The van der Waals surface area contributed by atoms with Gasteiger partial charge in [0.05, 0.1) is 0 Å². The molecule has 0 aliphatic rings. The van der Waals surface area contributed by atoms with Gasteiger partial charge in [0.25, 0.3) is 0 Å². The Balaban J connectivity index is 1.17. The van der Waals surface area contributed by atoms with Gasteiger partial charge in [0.15, 0.2) is 17.5 Å². The Morgan fingerprint density at radius 2 is 0.800 bits per heavy atom. The molecule has 0 aliphatic heterocycles. The van der Waals surface area contributed by atoms with Crippen molar-refractivity contribution in [3.8, 4) is 56.4 Å². The number of hydrogen-bond acceptors (Lipinski definition) is 5. The third-order valence-electron chi connectivity index (χ3n) is 9.35. The maximum atomic E-state index is 5.16. The second-order valence-corrected chi connectivity index (χ2v) is 14.6. The molecule has 0 amide bonds. The normalized spacial score (nSPS) is 11.6. The van der Waals surface area contributed by atoms with Gasteiger partial charge in [-0.25, -0.2) is 15.0 Å². The van der Waals surface area contributed by atoms with Crippen molar-refractivity contribution in [3.05, 3.63) is 164 Å². The number of thiophene rings is 2. The zero-order valence-electron chi connectivity index (χ0n) is 26.7. The molecule has 3 heterocycles. The Kier molecular flexibility index (Phi) is 6.86. The first-order valence-corrected chi connectivity index (χ1v) is 18.2. The number of rotatable bonds is 5.